The van der Waals surface area contributed by atoms with E-state index < -0.39 is 5.82 Å². The average molecular weight is 321 g/mol. The van der Waals surface area contributed by atoms with Crippen LogP contribution in [0.4, 0.5) is 4.39 Å². The van der Waals surface area contributed by atoms with Gasteiger partial charge in [-0.1, -0.05) is 25.4 Å². The number of hydrogen-bond acceptors (Lipinski definition) is 2. The Balaban J connectivity index is 2.65. The van der Waals surface area contributed by atoms with Crippen molar-refractivity contribution in [1.29, 1.82) is 0 Å². The molecule has 1 heterocycles. The van der Waals surface area contributed by atoms with Crippen LogP contribution in [0, 0.1) is 11.7 Å². The van der Waals surface area contributed by atoms with E-state index in [0.717, 1.165) is 0 Å². The highest BCUT2D eigenvalue weighted by Crippen LogP contribution is 2.36. The Morgan fingerprint density at radius 1 is 1.41 bits per heavy atom. The molecule has 1 atom stereocenters. The van der Waals surface area contributed by atoms with Gasteiger partial charge in [0.25, 0.3) is 0 Å². The summed E-state index contributed by atoms with van der Waals surface area (Å²) in [6.07, 6.45) is 0. The normalized spacial score (nSPS) is 13.6. The topological polar surface area (TPSA) is 39.2 Å². The van der Waals surface area contributed by atoms with E-state index in [1.807, 2.05) is 13.8 Å². The molecule has 2 N–H and O–H groups in total. The van der Waals surface area contributed by atoms with Crippen LogP contribution in [0.15, 0.2) is 21.0 Å². The van der Waals surface area contributed by atoms with E-state index in [0.29, 0.717) is 21.2 Å². The van der Waals surface area contributed by atoms with Gasteiger partial charge < -0.3 is 10.2 Å². The van der Waals surface area contributed by atoms with Crippen LogP contribution in [-0.4, -0.2) is 0 Å². The number of halogens is 3. The lowest BCUT2D eigenvalue weighted by atomic mass is 10.0. The van der Waals surface area contributed by atoms with Gasteiger partial charge in [-0.2, -0.15) is 0 Å². The van der Waals surface area contributed by atoms with Gasteiger partial charge in [-0.05, 0) is 34.0 Å². The van der Waals surface area contributed by atoms with Crippen LogP contribution in [0.3, 0.4) is 0 Å². The monoisotopic (exact) mass is 319 g/mol. The van der Waals surface area contributed by atoms with Crippen LogP contribution in [0.5, 0.6) is 0 Å². The lowest BCUT2D eigenvalue weighted by Gasteiger charge is -2.11. The second-order valence-corrected chi connectivity index (χ2v) is 5.58. The zero-order valence-corrected chi connectivity index (χ0v) is 11.8. The summed E-state index contributed by atoms with van der Waals surface area (Å²) in [7, 11) is 0. The molecule has 0 radical (unpaired) electrons. The molecule has 0 fully saturated rings. The number of rotatable bonds is 2. The van der Waals surface area contributed by atoms with Gasteiger partial charge >= 0.3 is 0 Å². The summed E-state index contributed by atoms with van der Waals surface area (Å²) in [4.78, 5) is 0. The number of fused-ring (bicyclic) bond motifs is 1. The lowest BCUT2D eigenvalue weighted by molar-refractivity contribution is 0.418. The average Bonchev–Trinajstić information content (AvgIpc) is 2.70. The lowest BCUT2D eigenvalue weighted by Crippen LogP contribution is -2.15. The number of furan rings is 1. The Kier molecular flexibility index (Phi) is 3.48. The molecule has 1 unspecified atom stereocenters. The molecule has 0 aliphatic carbocycles. The summed E-state index contributed by atoms with van der Waals surface area (Å²) in [5.41, 5.74) is 6.42. The van der Waals surface area contributed by atoms with Crippen LogP contribution in [0.1, 0.15) is 25.6 Å². The van der Waals surface area contributed by atoms with Gasteiger partial charge in [-0.25, -0.2) is 4.39 Å². The van der Waals surface area contributed by atoms with Crippen LogP contribution < -0.4 is 5.73 Å². The second-order valence-electron chi connectivity index (χ2n) is 4.32. The molecule has 0 saturated carbocycles. The maximum Gasteiger partial charge on any atom is 0.152 e. The van der Waals surface area contributed by atoms with Crippen molar-refractivity contribution < 1.29 is 8.81 Å². The third-order valence-corrected chi connectivity index (χ3v) is 3.58. The van der Waals surface area contributed by atoms with Crippen molar-refractivity contribution in [2.45, 2.75) is 19.9 Å². The predicted octanol–water partition coefficient (Wildman–Crippen LogP) is 4.64. The minimum atomic E-state index is -0.476. The molecule has 0 bridgehead atoms. The first-order valence-corrected chi connectivity index (χ1v) is 6.41. The zero-order valence-electron chi connectivity index (χ0n) is 9.43. The van der Waals surface area contributed by atoms with Crippen molar-refractivity contribution in [2.24, 2.45) is 11.7 Å². The molecule has 0 aliphatic rings. The van der Waals surface area contributed by atoms with Gasteiger partial charge in [-0.3, -0.25) is 0 Å². The second kappa shape index (κ2) is 4.59. The highest BCUT2D eigenvalue weighted by atomic mass is 79.9. The molecule has 2 rings (SSSR count). The Hall–Kier alpha value is -0.580. The predicted molar refractivity (Wildman–Crippen MR) is 70.6 cm³/mol. The van der Waals surface area contributed by atoms with Crippen molar-refractivity contribution >= 4 is 38.5 Å². The van der Waals surface area contributed by atoms with Gasteiger partial charge in [0.1, 0.15) is 5.76 Å². The smallest absolute Gasteiger partial charge is 0.152 e. The first-order valence-electron chi connectivity index (χ1n) is 5.24. The fourth-order valence-corrected chi connectivity index (χ4v) is 2.48. The molecule has 5 heteroatoms. The van der Waals surface area contributed by atoms with Gasteiger partial charge in [0.2, 0.25) is 0 Å². The fourth-order valence-electron chi connectivity index (χ4n) is 1.61. The maximum atomic E-state index is 13.8. The summed E-state index contributed by atoms with van der Waals surface area (Å²) in [5.74, 6) is 0.306. The number of benzene rings is 1. The summed E-state index contributed by atoms with van der Waals surface area (Å²) in [5, 5.41) is 0.422. The summed E-state index contributed by atoms with van der Waals surface area (Å²) in [6.45, 7) is 3.96. The Morgan fingerprint density at radius 3 is 2.65 bits per heavy atom. The maximum absolute atomic E-state index is 13.8. The highest BCUT2D eigenvalue weighted by Gasteiger charge is 2.20. The molecule has 1 aromatic heterocycles. The molecule has 1 aromatic carbocycles. The summed E-state index contributed by atoms with van der Waals surface area (Å²) in [6, 6.07) is 2.84. The first kappa shape index (κ1) is 12.9. The van der Waals surface area contributed by atoms with Gasteiger partial charge in [0.05, 0.1) is 20.9 Å². The zero-order chi connectivity index (χ0) is 12.7. The van der Waals surface area contributed by atoms with E-state index in [-0.39, 0.29) is 17.0 Å². The third kappa shape index (κ3) is 2.21. The molecule has 17 heavy (non-hydrogen) atoms. The van der Waals surface area contributed by atoms with Crippen LogP contribution in [-0.2, 0) is 0 Å². The quantitative estimate of drug-likeness (QED) is 0.818. The summed E-state index contributed by atoms with van der Waals surface area (Å²) >= 11 is 9.06. The van der Waals surface area contributed by atoms with E-state index in [4.69, 9.17) is 21.8 Å². The molecule has 92 valence electrons. The Labute approximate surface area is 112 Å². The van der Waals surface area contributed by atoms with Gasteiger partial charge in [0, 0.05) is 0 Å². The van der Waals surface area contributed by atoms with E-state index >= 15 is 0 Å². The molecule has 0 amide bonds. The van der Waals surface area contributed by atoms with Crippen molar-refractivity contribution in [2.75, 3.05) is 0 Å². The van der Waals surface area contributed by atoms with Crippen molar-refractivity contribution in [3.8, 4) is 0 Å². The van der Waals surface area contributed by atoms with Crippen molar-refractivity contribution in [3.05, 3.63) is 33.2 Å². The van der Waals surface area contributed by atoms with Crippen molar-refractivity contribution in [1.82, 2.24) is 0 Å². The molecule has 0 aliphatic heterocycles. The molecule has 2 aromatic rings. The number of nitrogens with two attached hydrogens (primary N) is 1. The van der Waals surface area contributed by atoms with E-state index in [2.05, 4.69) is 15.9 Å². The van der Waals surface area contributed by atoms with Crippen LogP contribution in [0.2, 0.25) is 5.02 Å². The molecular weight excluding hydrogens is 308 g/mol. The Morgan fingerprint density at radius 2 is 2.06 bits per heavy atom. The third-order valence-electron chi connectivity index (χ3n) is 2.71. The SMILES string of the molecule is CC(C)C(N)c1cc2c(F)c(Cl)cc(Br)c2o1. The molecule has 0 spiro atoms. The van der Waals surface area contributed by atoms with E-state index in [1.54, 1.807) is 6.07 Å². The minimum absolute atomic E-state index is 0.0647. The van der Waals surface area contributed by atoms with Crippen LogP contribution in [0.25, 0.3) is 11.0 Å². The fraction of sp³-hybridized carbons (Fsp3) is 0.333. The van der Waals surface area contributed by atoms with Crippen LogP contribution >= 0.6 is 27.5 Å². The standard InChI is InChI=1S/C12H12BrClFNO/c1-5(2)11(16)9-3-6-10(15)8(14)4-7(13)12(6)17-9/h3-5,11H,16H2,1-2H3. The van der Waals surface area contributed by atoms with E-state index in [1.165, 1.54) is 6.07 Å². The van der Waals surface area contributed by atoms with Crippen molar-refractivity contribution in [3.63, 3.8) is 0 Å². The first-order chi connectivity index (χ1) is 7.91. The summed E-state index contributed by atoms with van der Waals surface area (Å²) < 4.78 is 20.0. The largest absolute Gasteiger partial charge is 0.458 e. The molecular formula is C12H12BrClFNO. The Bertz CT molecular complexity index is 567. The molecule has 2 nitrogen and oxygen atoms in total. The van der Waals surface area contributed by atoms with Gasteiger partial charge in [0.15, 0.2) is 11.4 Å². The molecule has 0 saturated heterocycles. The minimum Gasteiger partial charge on any atom is -0.458 e. The highest BCUT2D eigenvalue weighted by molar-refractivity contribution is 9.10. The van der Waals surface area contributed by atoms with Gasteiger partial charge in [-0.15, -0.1) is 0 Å². The number of hydrogen-bond donors (Lipinski definition) is 1. The van der Waals surface area contributed by atoms with E-state index in [9.17, 15) is 4.39 Å².